The van der Waals surface area contributed by atoms with Crippen molar-refractivity contribution in [3.8, 4) is 0 Å². The molecule has 0 aliphatic carbocycles. The van der Waals surface area contributed by atoms with E-state index >= 15 is 0 Å². The van der Waals surface area contributed by atoms with Gasteiger partial charge >= 0.3 is 6.18 Å². The van der Waals surface area contributed by atoms with Crippen molar-refractivity contribution in [2.24, 2.45) is 0 Å². The van der Waals surface area contributed by atoms with Crippen LogP contribution in [0.4, 0.5) is 13.2 Å². The highest BCUT2D eigenvalue weighted by molar-refractivity contribution is 5.95. The number of halogens is 3. The van der Waals surface area contributed by atoms with E-state index in [4.69, 9.17) is 0 Å². The monoisotopic (exact) mass is 414 g/mol. The first-order valence-corrected chi connectivity index (χ1v) is 9.74. The van der Waals surface area contributed by atoms with Crippen LogP contribution >= 0.6 is 0 Å². The van der Waals surface area contributed by atoms with Crippen LogP contribution in [0.3, 0.4) is 0 Å². The van der Waals surface area contributed by atoms with Gasteiger partial charge in [-0.15, -0.1) is 0 Å². The standard InChI is InChI=1S/C24H25F3N2O/c1-15-7-5-9-20(11-15)14-29-18(4)16(2)17(3)22(29)23(30)28-13-19-8-6-10-21(12-19)24(25,26)27/h5-12H,13-14H2,1-4H3,(H,28,30). The van der Waals surface area contributed by atoms with Gasteiger partial charge in [-0.2, -0.15) is 13.2 Å². The Bertz CT molecular complexity index is 1080. The smallest absolute Gasteiger partial charge is 0.347 e. The molecule has 0 unspecified atom stereocenters. The quantitative estimate of drug-likeness (QED) is 0.569. The minimum atomic E-state index is -4.41. The molecule has 3 aromatic rings. The average Bonchev–Trinajstić information content (AvgIpc) is 2.89. The van der Waals surface area contributed by atoms with Crippen molar-refractivity contribution in [2.75, 3.05) is 0 Å². The minimum absolute atomic E-state index is 0.0237. The van der Waals surface area contributed by atoms with Gasteiger partial charge in [0.05, 0.1) is 5.56 Å². The summed E-state index contributed by atoms with van der Waals surface area (Å²) in [6, 6.07) is 13.1. The van der Waals surface area contributed by atoms with Crippen LogP contribution in [-0.4, -0.2) is 10.5 Å². The first-order valence-electron chi connectivity index (χ1n) is 9.74. The van der Waals surface area contributed by atoms with E-state index in [0.29, 0.717) is 17.8 Å². The molecule has 6 heteroatoms. The van der Waals surface area contributed by atoms with E-state index in [2.05, 4.69) is 11.4 Å². The lowest BCUT2D eigenvalue weighted by molar-refractivity contribution is -0.137. The van der Waals surface area contributed by atoms with E-state index in [1.807, 2.05) is 50.5 Å². The van der Waals surface area contributed by atoms with Gasteiger partial charge in [-0.05, 0) is 62.1 Å². The predicted octanol–water partition coefficient (Wildman–Crippen LogP) is 5.72. The number of alkyl halides is 3. The van der Waals surface area contributed by atoms with E-state index in [9.17, 15) is 18.0 Å². The molecule has 0 radical (unpaired) electrons. The molecule has 158 valence electrons. The zero-order chi connectivity index (χ0) is 22.1. The van der Waals surface area contributed by atoms with Crippen LogP contribution < -0.4 is 5.32 Å². The summed E-state index contributed by atoms with van der Waals surface area (Å²) in [4.78, 5) is 13.0. The topological polar surface area (TPSA) is 34.0 Å². The first kappa shape index (κ1) is 21.7. The molecular weight excluding hydrogens is 389 g/mol. The number of hydrogen-bond acceptors (Lipinski definition) is 1. The third kappa shape index (κ3) is 4.58. The molecule has 0 atom stereocenters. The average molecular weight is 414 g/mol. The molecule has 0 spiro atoms. The van der Waals surface area contributed by atoms with Gasteiger partial charge in [0.1, 0.15) is 5.69 Å². The number of aryl methyl sites for hydroxylation is 1. The molecule has 30 heavy (non-hydrogen) atoms. The van der Waals surface area contributed by atoms with Crippen LogP contribution in [0.5, 0.6) is 0 Å². The van der Waals surface area contributed by atoms with Gasteiger partial charge in [0.2, 0.25) is 0 Å². The van der Waals surface area contributed by atoms with Crippen LogP contribution in [0.15, 0.2) is 48.5 Å². The lowest BCUT2D eigenvalue weighted by Crippen LogP contribution is -2.27. The number of carbonyl (C=O) groups is 1. The SMILES string of the molecule is Cc1cccc(Cn2c(C)c(C)c(C)c2C(=O)NCc2cccc(C(F)(F)F)c2)c1. The number of nitrogens with one attached hydrogen (secondary N) is 1. The van der Waals surface area contributed by atoms with Gasteiger partial charge < -0.3 is 9.88 Å². The lowest BCUT2D eigenvalue weighted by Gasteiger charge is -2.14. The summed E-state index contributed by atoms with van der Waals surface area (Å²) in [5.74, 6) is -0.297. The van der Waals surface area contributed by atoms with Crippen molar-refractivity contribution in [3.05, 3.63) is 93.3 Å². The second kappa shape index (κ2) is 8.38. The van der Waals surface area contributed by atoms with Gasteiger partial charge in [0.15, 0.2) is 0 Å². The van der Waals surface area contributed by atoms with Crippen molar-refractivity contribution in [2.45, 2.75) is 47.0 Å². The van der Waals surface area contributed by atoms with Crippen molar-refractivity contribution < 1.29 is 18.0 Å². The number of amides is 1. The van der Waals surface area contributed by atoms with Crippen molar-refractivity contribution in [3.63, 3.8) is 0 Å². The highest BCUT2D eigenvalue weighted by Crippen LogP contribution is 2.29. The van der Waals surface area contributed by atoms with Gasteiger partial charge in [0, 0.05) is 18.8 Å². The normalized spacial score (nSPS) is 11.6. The summed E-state index contributed by atoms with van der Waals surface area (Å²) >= 11 is 0. The van der Waals surface area contributed by atoms with Gasteiger partial charge in [0.25, 0.3) is 5.91 Å². The molecule has 2 aromatic carbocycles. The van der Waals surface area contributed by atoms with Crippen molar-refractivity contribution >= 4 is 5.91 Å². The van der Waals surface area contributed by atoms with E-state index in [-0.39, 0.29) is 12.5 Å². The molecule has 1 aromatic heterocycles. The van der Waals surface area contributed by atoms with Crippen molar-refractivity contribution in [1.82, 2.24) is 9.88 Å². The predicted molar refractivity (Wildman–Crippen MR) is 112 cm³/mol. The Hall–Kier alpha value is -3.02. The molecule has 1 heterocycles. The molecule has 0 aliphatic rings. The van der Waals surface area contributed by atoms with Crippen LogP contribution in [0.25, 0.3) is 0 Å². The zero-order valence-corrected chi connectivity index (χ0v) is 17.5. The summed E-state index contributed by atoms with van der Waals surface area (Å²) in [6.07, 6.45) is -4.41. The Morgan fingerprint density at radius 2 is 1.60 bits per heavy atom. The summed E-state index contributed by atoms with van der Waals surface area (Å²) in [7, 11) is 0. The van der Waals surface area contributed by atoms with E-state index in [1.165, 1.54) is 6.07 Å². The van der Waals surface area contributed by atoms with Crippen LogP contribution in [0.2, 0.25) is 0 Å². The second-order valence-electron chi connectivity index (χ2n) is 7.64. The maximum absolute atomic E-state index is 13.0. The fraction of sp³-hybridized carbons (Fsp3) is 0.292. The summed E-state index contributed by atoms with van der Waals surface area (Å²) in [6.45, 7) is 8.44. The number of nitrogens with zero attached hydrogens (tertiary/aromatic N) is 1. The number of hydrogen-bond donors (Lipinski definition) is 1. The van der Waals surface area contributed by atoms with E-state index in [1.54, 1.807) is 6.07 Å². The van der Waals surface area contributed by atoms with Gasteiger partial charge in [-0.1, -0.05) is 42.0 Å². The molecule has 0 saturated heterocycles. The van der Waals surface area contributed by atoms with Crippen LogP contribution in [0.1, 0.15) is 49.6 Å². The number of carbonyl (C=O) groups excluding carboxylic acids is 1. The van der Waals surface area contributed by atoms with Gasteiger partial charge in [-0.3, -0.25) is 4.79 Å². The highest BCUT2D eigenvalue weighted by Gasteiger charge is 2.30. The Morgan fingerprint density at radius 3 is 2.27 bits per heavy atom. The molecule has 3 rings (SSSR count). The summed E-state index contributed by atoms with van der Waals surface area (Å²) < 4.78 is 40.8. The fourth-order valence-corrected chi connectivity index (χ4v) is 3.63. The Labute approximate surface area is 174 Å². The number of rotatable bonds is 5. The maximum Gasteiger partial charge on any atom is 0.416 e. The second-order valence-corrected chi connectivity index (χ2v) is 7.64. The highest BCUT2D eigenvalue weighted by atomic mass is 19.4. The summed E-state index contributed by atoms with van der Waals surface area (Å²) in [5.41, 5.74) is 5.35. The number of aromatic nitrogens is 1. The zero-order valence-electron chi connectivity index (χ0n) is 17.5. The third-order valence-electron chi connectivity index (χ3n) is 5.48. The summed E-state index contributed by atoms with van der Waals surface area (Å²) in [5, 5.41) is 2.79. The maximum atomic E-state index is 13.0. The lowest BCUT2D eigenvalue weighted by atomic mass is 10.1. The molecule has 1 N–H and O–H groups in total. The molecular formula is C24H25F3N2O. The largest absolute Gasteiger partial charge is 0.416 e. The van der Waals surface area contributed by atoms with Crippen LogP contribution in [-0.2, 0) is 19.3 Å². The molecule has 1 amide bonds. The minimum Gasteiger partial charge on any atom is -0.347 e. The van der Waals surface area contributed by atoms with E-state index < -0.39 is 11.7 Å². The Balaban J connectivity index is 1.85. The molecule has 0 fully saturated rings. The molecule has 0 saturated carbocycles. The number of benzene rings is 2. The fourth-order valence-electron chi connectivity index (χ4n) is 3.63. The van der Waals surface area contributed by atoms with Gasteiger partial charge in [-0.25, -0.2) is 0 Å². The first-order chi connectivity index (χ1) is 14.1. The van der Waals surface area contributed by atoms with Crippen LogP contribution in [0, 0.1) is 27.7 Å². The molecule has 3 nitrogen and oxygen atoms in total. The molecule has 0 aliphatic heterocycles. The Morgan fingerprint density at radius 1 is 0.933 bits per heavy atom. The van der Waals surface area contributed by atoms with E-state index in [0.717, 1.165) is 40.1 Å². The Kier molecular flexibility index (Phi) is 6.06. The van der Waals surface area contributed by atoms with Crippen molar-refractivity contribution in [1.29, 1.82) is 0 Å². The molecule has 0 bridgehead atoms. The third-order valence-corrected chi connectivity index (χ3v) is 5.48.